The third-order valence-corrected chi connectivity index (χ3v) is 4.58. The number of ether oxygens (including phenoxy) is 1. The van der Waals surface area contributed by atoms with Gasteiger partial charge in [-0.25, -0.2) is 0 Å². The van der Waals surface area contributed by atoms with Crippen LogP contribution in [0, 0.1) is 0 Å². The maximum Gasteiger partial charge on any atom is 0.260 e. The van der Waals surface area contributed by atoms with Crippen LogP contribution in [0.3, 0.4) is 0 Å². The summed E-state index contributed by atoms with van der Waals surface area (Å²) in [6.45, 7) is 1.06. The number of carbonyl (C=O) groups excluding carboxylic acids is 1. The molecule has 1 heterocycles. The van der Waals surface area contributed by atoms with Gasteiger partial charge < -0.3 is 15.4 Å². The fraction of sp³-hybridized carbons (Fsp3) is 0.278. The SMILES string of the molecule is N[C@@H]1CN(C(=O)COc2cc(Cl)cc(Cl)c2)C[C@H]1c1ccccc1. The lowest BCUT2D eigenvalue weighted by atomic mass is 9.95. The summed E-state index contributed by atoms with van der Waals surface area (Å²) in [6.07, 6.45) is 0. The third-order valence-electron chi connectivity index (χ3n) is 4.14. The van der Waals surface area contributed by atoms with E-state index in [1.807, 2.05) is 30.3 Å². The number of rotatable bonds is 4. The Morgan fingerprint density at radius 2 is 1.79 bits per heavy atom. The first-order valence-electron chi connectivity index (χ1n) is 7.70. The molecule has 1 aliphatic heterocycles. The molecule has 1 amide bonds. The number of hydrogen-bond donors (Lipinski definition) is 1. The fourth-order valence-corrected chi connectivity index (χ4v) is 3.44. The number of nitrogens with zero attached hydrogens (tertiary/aromatic N) is 1. The highest BCUT2D eigenvalue weighted by Crippen LogP contribution is 2.27. The van der Waals surface area contributed by atoms with E-state index in [0.29, 0.717) is 28.9 Å². The third kappa shape index (κ3) is 4.01. The number of benzene rings is 2. The van der Waals surface area contributed by atoms with Crippen molar-refractivity contribution in [2.45, 2.75) is 12.0 Å². The minimum Gasteiger partial charge on any atom is -0.484 e. The Morgan fingerprint density at radius 3 is 2.46 bits per heavy atom. The molecule has 1 aliphatic rings. The molecule has 2 aromatic rings. The number of amides is 1. The average molecular weight is 365 g/mol. The monoisotopic (exact) mass is 364 g/mol. The summed E-state index contributed by atoms with van der Waals surface area (Å²) in [5.41, 5.74) is 7.37. The Hall–Kier alpha value is -1.75. The number of hydrogen-bond acceptors (Lipinski definition) is 3. The van der Waals surface area contributed by atoms with E-state index in [1.54, 1.807) is 23.1 Å². The van der Waals surface area contributed by atoms with E-state index in [0.717, 1.165) is 5.56 Å². The van der Waals surface area contributed by atoms with Gasteiger partial charge in [0, 0.05) is 35.1 Å². The van der Waals surface area contributed by atoms with Crippen molar-refractivity contribution >= 4 is 29.1 Å². The summed E-state index contributed by atoms with van der Waals surface area (Å²) in [6, 6.07) is 14.8. The van der Waals surface area contributed by atoms with Gasteiger partial charge in [-0.2, -0.15) is 0 Å². The predicted octanol–water partition coefficient (Wildman–Crippen LogP) is 3.33. The van der Waals surface area contributed by atoms with E-state index in [2.05, 4.69) is 0 Å². The molecule has 2 atom stereocenters. The van der Waals surface area contributed by atoms with Gasteiger partial charge in [0.1, 0.15) is 5.75 Å². The molecule has 4 nitrogen and oxygen atoms in total. The van der Waals surface area contributed by atoms with E-state index in [-0.39, 0.29) is 24.5 Å². The van der Waals surface area contributed by atoms with Gasteiger partial charge in [-0.1, -0.05) is 53.5 Å². The molecular formula is C18H18Cl2N2O2. The van der Waals surface area contributed by atoms with E-state index >= 15 is 0 Å². The lowest BCUT2D eigenvalue weighted by Crippen LogP contribution is -2.35. The molecule has 126 valence electrons. The van der Waals surface area contributed by atoms with Crippen LogP contribution in [0.2, 0.25) is 10.0 Å². The lowest BCUT2D eigenvalue weighted by molar-refractivity contribution is -0.132. The second-order valence-electron chi connectivity index (χ2n) is 5.87. The summed E-state index contributed by atoms with van der Waals surface area (Å²) in [5.74, 6) is 0.527. The van der Waals surface area contributed by atoms with Crippen molar-refractivity contribution < 1.29 is 9.53 Å². The zero-order chi connectivity index (χ0) is 17.1. The second-order valence-corrected chi connectivity index (χ2v) is 6.75. The molecule has 0 spiro atoms. The minimum absolute atomic E-state index is 0.0646. The van der Waals surface area contributed by atoms with Crippen LogP contribution in [0.25, 0.3) is 0 Å². The van der Waals surface area contributed by atoms with Gasteiger partial charge in [0.2, 0.25) is 0 Å². The van der Waals surface area contributed by atoms with E-state index < -0.39 is 0 Å². The zero-order valence-electron chi connectivity index (χ0n) is 13.0. The molecule has 1 fully saturated rings. The maximum absolute atomic E-state index is 12.4. The van der Waals surface area contributed by atoms with Gasteiger partial charge in [-0.05, 0) is 23.8 Å². The average Bonchev–Trinajstić information content (AvgIpc) is 2.94. The lowest BCUT2D eigenvalue weighted by Gasteiger charge is -2.17. The highest BCUT2D eigenvalue weighted by molar-refractivity contribution is 6.34. The van der Waals surface area contributed by atoms with Crippen molar-refractivity contribution in [3.05, 3.63) is 64.1 Å². The minimum atomic E-state index is -0.0972. The Balaban J connectivity index is 1.60. The van der Waals surface area contributed by atoms with Crippen LogP contribution < -0.4 is 10.5 Å². The first-order valence-corrected chi connectivity index (χ1v) is 8.46. The first kappa shape index (κ1) is 17.1. The van der Waals surface area contributed by atoms with Gasteiger partial charge in [0.25, 0.3) is 5.91 Å². The standard InChI is InChI=1S/C18H18Cl2N2O2/c19-13-6-14(20)8-15(7-13)24-11-18(23)22-9-16(17(21)10-22)12-4-2-1-3-5-12/h1-8,16-17H,9-11,21H2/t16-,17+/m0/s1. The van der Waals surface area contributed by atoms with Crippen LogP contribution in [0.15, 0.2) is 48.5 Å². The molecule has 0 saturated carbocycles. The van der Waals surface area contributed by atoms with Gasteiger partial charge in [0.05, 0.1) is 0 Å². The molecule has 2 N–H and O–H groups in total. The summed E-state index contributed by atoms with van der Waals surface area (Å²) in [5, 5.41) is 0.939. The molecule has 6 heteroatoms. The van der Waals surface area contributed by atoms with Crippen molar-refractivity contribution in [2.75, 3.05) is 19.7 Å². The van der Waals surface area contributed by atoms with Crippen LogP contribution in [-0.2, 0) is 4.79 Å². The topological polar surface area (TPSA) is 55.6 Å². The number of nitrogens with two attached hydrogens (primary N) is 1. The van der Waals surface area contributed by atoms with Crippen molar-refractivity contribution in [3.8, 4) is 5.75 Å². The molecule has 1 saturated heterocycles. The summed E-state index contributed by atoms with van der Waals surface area (Å²) >= 11 is 11.8. The molecule has 3 rings (SSSR count). The molecule has 0 aromatic heterocycles. The second kappa shape index (κ2) is 7.43. The number of halogens is 2. The Morgan fingerprint density at radius 1 is 1.12 bits per heavy atom. The normalized spacial score (nSPS) is 20.2. The molecule has 0 bridgehead atoms. The van der Waals surface area contributed by atoms with E-state index in [1.165, 1.54) is 0 Å². The quantitative estimate of drug-likeness (QED) is 0.904. The van der Waals surface area contributed by atoms with Crippen LogP contribution in [0.4, 0.5) is 0 Å². The van der Waals surface area contributed by atoms with E-state index in [9.17, 15) is 4.79 Å². The summed E-state index contributed by atoms with van der Waals surface area (Å²) in [7, 11) is 0. The Kier molecular flexibility index (Phi) is 5.29. The van der Waals surface area contributed by atoms with Crippen molar-refractivity contribution in [1.29, 1.82) is 0 Å². The van der Waals surface area contributed by atoms with Crippen molar-refractivity contribution in [3.63, 3.8) is 0 Å². The van der Waals surface area contributed by atoms with Crippen molar-refractivity contribution in [1.82, 2.24) is 4.90 Å². The molecule has 0 unspecified atom stereocenters. The number of likely N-dealkylation sites (tertiary alicyclic amines) is 1. The molecular weight excluding hydrogens is 347 g/mol. The fourth-order valence-electron chi connectivity index (χ4n) is 2.93. The summed E-state index contributed by atoms with van der Waals surface area (Å²) in [4.78, 5) is 14.1. The molecule has 2 aromatic carbocycles. The predicted molar refractivity (Wildman–Crippen MR) is 95.7 cm³/mol. The maximum atomic E-state index is 12.4. The number of carbonyl (C=O) groups is 1. The van der Waals surface area contributed by atoms with Gasteiger partial charge >= 0.3 is 0 Å². The highest BCUT2D eigenvalue weighted by atomic mass is 35.5. The smallest absolute Gasteiger partial charge is 0.260 e. The van der Waals surface area contributed by atoms with Crippen LogP contribution >= 0.6 is 23.2 Å². The molecule has 24 heavy (non-hydrogen) atoms. The first-order chi connectivity index (χ1) is 11.5. The van der Waals surface area contributed by atoms with Gasteiger partial charge in [-0.3, -0.25) is 4.79 Å². The Labute approximate surface area is 151 Å². The zero-order valence-corrected chi connectivity index (χ0v) is 14.5. The molecule has 0 radical (unpaired) electrons. The highest BCUT2D eigenvalue weighted by Gasteiger charge is 2.33. The van der Waals surface area contributed by atoms with E-state index in [4.69, 9.17) is 33.7 Å². The molecule has 0 aliphatic carbocycles. The Bertz CT molecular complexity index is 704. The summed E-state index contributed by atoms with van der Waals surface area (Å²) < 4.78 is 5.52. The van der Waals surface area contributed by atoms with Gasteiger partial charge in [0.15, 0.2) is 6.61 Å². The largest absolute Gasteiger partial charge is 0.484 e. The van der Waals surface area contributed by atoms with Crippen LogP contribution in [0.1, 0.15) is 11.5 Å². The van der Waals surface area contributed by atoms with Crippen LogP contribution in [0.5, 0.6) is 5.75 Å². The van der Waals surface area contributed by atoms with Gasteiger partial charge in [-0.15, -0.1) is 0 Å². The van der Waals surface area contributed by atoms with Crippen molar-refractivity contribution in [2.24, 2.45) is 5.73 Å². The van der Waals surface area contributed by atoms with Crippen LogP contribution in [-0.4, -0.2) is 36.5 Å².